The van der Waals surface area contributed by atoms with Gasteiger partial charge in [-0.25, -0.2) is 0 Å². The fourth-order valence-electron chi connectivity index (χ4n) is 2.93. The zero-order chi connectivity index (χ0) is 12.6. The molecule has 2 aliphatic heterocycles. The number of hydrogen-bond donors (Lipinski definition) is 2. The summed E-state index contributed by atoms with van der Waals surface area (Å²) in [6.45, 7) is 5.38. The van der Waals surface area contributed by atoms with Crippen LogP contribution in [0.15, 0.2) is 0 Å². The Kier molecular flexibility index (Phi) is 5.94. The first-order valence-corrected chi connectivity index (χ1v) is 7.57. The number of hydrogen-bond acceptors (Lipinski definition) is 3. The number of nitrogens with zero attached hydrogens (tertiary/aromatic N) is 1. The number of carbonyl (C=O) groups is 1. The maximum atomic E-state index is 11.7. The average Bonchev–Trinajstić information content (AvgIpc) is 2.91. The van der Waals surface area contributed by atoms with E-state index in [9.17, 15) is 4.79 Å². The Labute approximate surface area is 110 Å². The lowest BCUT2D eigenvalue weighted by Crippen LogP contribution is -2.38. The van der Waals surface area contributed by atoms with E-state index < -0.39 is 0 Å². The predicted octanol–water partition coefficient (Wildman–Crippen LogP) is 1.12. The van der Waals surface area contributed by atoms with E-state index in [0.29, 0.717) is 12.5 Å². The Morgan fingerprint density at radius 3 is 2.78 bits per heavy atom. The summed E-state index contributed by atoms with van der Waals surface area (Å²) in [6.07, 6.45) is 8.19. The first kappa shape index (κ1) is 13.8. The van der Waals surface area contributed by atoms with Gasteiger partial charge in [0, 0.05) is 25.6 Å². The molecular weight excluding hydrogens is 226 g/mol. The molecule has 2 aliphatic rings. The molecule has 2 fully saturated rings. The molecule has 104 valence electrons. The van der Waals surface area contributed by atoms with Gasteiger partial charge in [-0.2, -0.15) is 0 Å². The standard InChI is InChI=1S/C14H27N3O/c18-14(7-6-13-5-4-8-15-13)16-9-12-17-10-2-1-3-11-17/h13,15H,1-12H2,(H,16,18). The molecule has 0 saturated carbocycles. The van der Waals surface area contributed by atoms with Crippen LogP contribution in [0, 0.1) is 0 Å². The van der Waals surface area contributed by atoms with Gasteiger partial charge >= 0.3 is 0 Å². The van der Waals surface area contributed by atoms with Crippen LogP contribution < -0.4 is 10.6 Å². The van der Waals surface area contributed by atoms with Crippen LogP contribution in [0.4, 0.5) is 0 Å². The average molecular weight is 253 g/mol. The van der Waals surface area contributed by atoms with Gasteiger partial charge in [0.1, 0.15) is 0 Å². The van der Waals surface area contributed by atoms with E-state index in [2.05, 4.69) is 15.5 Å². The Bertz CT molecular complexity index is 245. The van der Waals surface area contributed by atoms with Gasteiger partial charge in [0.05, 0.1) is 0 Å². The van der Waals surface area contributed by atoms with E-state index in [4.69, 9.17) is 0 Å². The van der Waals surface area contributed by atoms with Gasteiger partial charge in [0.25, 0.3) is 0 Å². The minimum atomic E-state index is 0.223. The van der Waals surface area contributed by atoms with Crippen LogP contribution in [0.1, 0.15) is 44.9 Å². The summed E-state index contributed by atoms with van der Waals surface area (Å²) in [6, 6.07) is 0.581. The zero-order valence-corrected chi connectivity index (χ0v) is 11.4. The normalized spacial score (nSPS) is 25.2. The second-order valence-electron chi connectivity index (χ2n) is 5.58. The highest BCUT2D eigenvalue weighted by Gasteiger charge is 2.15. The summed E-state index contributed by atoms with van der Waals surface area (Å²) in [5, 5.41) is 6.48. The topological polar surface area (TPSA) is 44.4 Å². The molecule has 1 unspecified atom stereocenters. The molecule has 2 heterocycles. The monoisotopic (exact) mass is 253 g/mol. The summed E-state index contributed by atoms with van der Waals surface area (Å²) in [5.74, 6) is 0.223. The molecule has 4 heteroatoms. The third kappa shape index (κ3) is 4.94. The Morgan fingerprint density at radius 2 is 2.06 bits per heavy atom. The van der Waals surface area contributed by atoms with Crippen LogP contribution in [0.3, 0.4) is 0 Å². The fraction of sp³-hybridized carbons (Fsp3) is 0.929. The summed E-state index contributed by atoms with van der Waals surface area (Å²) in [4.78, 5) is 14.1. The molecular formula is C14H27N3O. The Morgan fingerprint density at radius 1 is 1.22 bits per heavy atom. The van der Waals surface area contributed by atoms with Crippen molar-refractivity contribution in [1.82, 2.24) is 15.5 Å². The second-order valence-corrected chi connectivity index (χ2v) is 5.58. The van der Waals surface area contributed by atoms with Crippen molar-refractivity contribution in [2.75, 3.05) is 32.7 Å². The highest BCUT2D eigenvalue weighted by molar-refractivity contribution is 5.75. The molecule has 0 aromatic carbocycles. The Hall–Kier alpha value is -0.610. The van der Waals surface area contributed by atoms with Gasteiger partial charge in [-0.15, -0.1) is 0 Å². The molecule has 0 bridgehead atoms. The maximum absolute atomic E-state index is 11.7. The summed E-state index contributed by atoms with van der Waals surface area (Å²) in [5.41, 5.74) is 0. The van der Waals surface area contributed by atoms with E-state index >= 15 is 0 Å². The van der Waals surface area contributed by atoms with Crippen LogP contribution in [0.5, 0.6) is 0 Å². The largest absolute Gasteiger partial charge is 0.355 e. The predicted molar refractivity (Wildman–Crippen MR) is 73.6 cm³/mol. The molecule has 2 N–H and O–H groups in total. The highest BCUT2D eigenvalue weighted by Crippen LogP contribution is 2.10. The van der Waals surface area contributed by atoms with Gasteiger partial charge in [-0.3, -0.25) is 4.79 Å². The molecule has 2 rings (SSSR count). The van der Waals surface area contributed by atoms with E-state index in [1.165, 1.54) is 45.2 Å². The van der Waals surface area contributed by atoms with Crippen molar-refractivity contribution in [3.8, 4) is 0 Å². The zero-order valence-electron chi connectivity index (χ0n) is 11.4. The fourth-order valence-corrected chi connectivity index (χ4v) is 2.93. The van der Waals surface area contributed by atoms with Gasteiger partial charge in [-0.1, -0.05) is 6.42 Å². The number of piperidine rings is 1. The number of rotatable bonds is 6. The van der Waals surface area contributed by atoms with Crippen molar-refractivity contribution in [2.24, 2.45) is 0 Å². The summed E-state index contributed by atoms with van der Waals surface area (Å²) in [7, 11) is 0. The third-order valence-electron chi connectivity index (χ3n) is 4.08. The van der Waals surface area contributed by atoms with Gasteiger partial charge in [0.2, 0.25) is 5.91 Å². The van der Waals surface area contributed by atoms with Crippen LogP contribution in [0.25, 0.3) is 0 Å². The van der Waals surface area contributed by atoms with Crippen LogP contribution >= 0.6 is 0 Å². The third-order valence-corrected chi connectivity index (χ3v) is 4.08. The Balaban J connectivity index is 1.48. The van der Waals surface area contributed by atoms with Gasteiger partial charge in [0.15, 0.2) is 0 Å². The van der Waals surface area contributed by atoms with E-state index in [0.717, 1.165) is 26.1 Å². The summed E-state index contributed by atoms with van der Waals surface area (Å²) < 4.78 is 0. The first-order valence-electron chi connectivity index (χ1n) is 7.57. The molecule has 0 aromatic rings. The number of likely N-dealkylation sites (tertiary alicyclic amines) is 1. The van der Waals surface area contributed by atoms with Crippen LogP contribution in [0.2, 0.25) is 0 Å². The minimum absolute atomic E-state index is 0.223. The van der Waals surface area contributed by atoms with E-state index in [1.54, 1.807) is 0 Å². The lowest BCUT2D eigenvalue weighted by Gasteiger charge is -2.26. The van der Waals surface area contributed by atoms with Crippen molar-refractivity contribution >= 4 is 5.91 Å². The summed E-state index contributed by atoms with van der Waals surface area (Å²) >= 11 is 0. The van der Waals surface area contributed by atoms with Crippen molar-refractivity contribution in [3.63, 3.8) is 0 Å². The van der Waals surface area contributed by atoms with Crippen molar-refractivity contribution in [1.29, 1.82) is 0 Å². The van der Waals surface area contributed by atoms with Gasteiger partial charge < -0.3 is 15.5 Å². The molecule has 1 amide bonds. The lowest BCUT2D eigenvalue weighted by atomic mass is 10.1. The van der Waals surface area contributed by atoms with Crippen LogP contribution in [-0.2, 0) is 4.79 Å². The number of carbonyl (C=O) groups excluding carboxylic acids is 1. The minimum Gasteiger partial charge on any atom is -0.355 e. The molecule has 0 spiro atoms. The maximum Gasteiger partial charge on any atom is 0.220 e. The van der Waals surface area contributed by atoms with Gasteiger partial charge in [-0.05, 0) is 51.7 Å². The highest BCUT2D eigenvalue weighted by atomic mass is 16.1. The van der Waals surface area contributed by atoms with Crippen LogP contribution in [-0.4, -0.2) is 49.6 Å². The SMILES string of the molecule is O=C(CCC1CCCN1)NCCN1CCCCC1. The molecule has 1 atom stereocenters. The van der Waals surface area contributed by atoms with Crippen molar-refractivity contribution in [2.45, 2.75) is 51.0 Å². The smallest absolute Gasteiger partial charge is 0.220 e. The molecule has 4 nitrogen and oxygen atoms in total. The second kappa shape index (κ2) is 7.74. The molecule has 0 aromatic heterocycles. The number of amides is 1. The van der Waals surface area contributed by atoms with E-state index in [1.807, 2.05) is 0 Å². The number of nitrogens with one attached hydrogen (secondary N) is 2. The lowest BCUT2D eigenvalue weighted by molar-refractivity contribution is -0.121. The molecule has 18 heavy (non-hydrogen) atoms. The molecule has 0 aliphatic carbocycles. The van der Waals surface area contributed by atoms with Crippen molar-refractivity contribution < 1.29 is 4.79 Å². The molecule has 0 radical (unpaired) electrons. The quantitative estimate of drug-likeness (QED) is 0.745. The van der Waals surface area contributed by atoms with E-state index in [-0.39, 0.29) is 5.91 Å². The first-order chi connectivity index (χ1) is 8.84. The van der Waals surface area contributed by atoms with Crippen molar-refractivity contribution in [3.05, 3.63) is 0 Å². The molecule has 2 saturated heterocycles.